The molecule has 0 bridgehead atoms. The Balaban J connectivity index is 2.58. The Morgan fingerprint density at radius 3 is 2.67 bits per heavy atom. The lowest BCUT2D eigenvalue weighted by atomic mass is 10.2. The topological polar surface area (TPSA) is 64.1 Å². The molecule has 0 fully saturated rings. The molecule has 5 heteroatoms. The van der Waals surface area contributed by atoms with Gasteiger partial charge >= 0.3 is 0 Å². The van der Waals surface area contributed by atoms with Gasteiger partial charge in [-0.15, -0.1) is 0 Å². The quantitative estimate of drug-likeness (QED) is 0.711. The molecule has 0 aliphatic heterocycles. The average molecular weight is 209 g/mol. The summed E-state index contributed by atoms with van der Waals surface area (Å²) in [5, 5.41) is 3.12. The maximum atomic E-state index is 10.4. The van der Waals surface area contributed by atoms with Gasteiger partial charge in [0.2, 0.25) is 5.95 Å². The third-order valence-electron chi connectivity index (χ3n) is 2.00. The maximum Gasteiger partial charge on any atom is 0.222 e. The van der Waals surface area contributed by atoms with Gasteiger partial charge in [0.1, 0.15) is 0 Å². The summed E-state index contributed by atoms with van der Waals surface area (Å²) in [6.45, 7) is 2.66. The number of nitrogens with zero attached hydrogens (tertiary/aromatic N) is 2. The summed E-state index contributed by atoms with van der Waals surface area (Å²) in [6, 6.07) is 0.192. The molecule has 1 aromatic heterocycles. The van der Waals surface area contributed by atoms with E-state index in [0.29, 0.717) is 18.1 Å². The maximum absolute atomic E-state index is 10.4. The molecule has 1 atom stereocenters. The van der Waals surface area contributed by atoms with Gasteiger partial charge in [0, 0.05) is 19.5 Å². The van der Waals surface area contributed by atoms with E-state index >= 15 is 0 Å². The van der Waals surface area contributed by atoms with Gasteiger partial charge in [-0.2, -0.15) is 0 Å². The number of ether oxygens (including phenoxy) is 1. The van der Waals surface area contributed by atoms with Crippen molar-refractivity contribution in [2.75, 3.05) is 19.0 Å². The van der Waals surface area contributed by atoms with Crippen molar-refractivity contribution in [1.29, 1.82) is 0 Å². The van der Waals surface area contributed by atoms with Crippen LogP contribution in [-0.4, -0.2) is 36.0 Å². The van der Waals surface area contributed by atoms with Crippen molar-refractivity contribution in [3.05, 3.63) is 18.0 Å². The number of nitrogens with one attached hydrogen (secondary N) is 1. The number of carbonyl (C=O) groups excluding carboxylic acids is 1. The van der Waals surface area contributed by atoms with Crippen LogP contribution in [0.4, 0.5) is 5.95 Å². The van der Waals surface area contributed by atoms with Gasteiger partial charge in [0.05, 0.1) is 18.2 Å². The zero-order chi connectivity index (χ0) is 11.1. The van der Waals surface area contributed by atoms with Gasteiger partial charge in [-0.05, 0) is 6.42 Å². The number of anilines is 1. The summed E-state index contributed by atoms with van der Waals surface area (Å²) in [4.78, 5) is 18.4. The Morgan fingerprint density at radius 1 is 1.53 bits per heavy atom. The van der Waals surface area contributed by atoms with Gasteiger partial charge in [0.15, 0.2) is 6.29 Å². The Morgan fingerprint density at radius 2 is 2.20 bits per heavy atom. The number of aromatic nitrogens is 2. The van der Waals surface area contributed by atoms with E-state index in [-0.39, 0.29) is 6.04 Å². The summed E-state index contributed by atoms with van der Waals surface area (Å²) < 4.78 is 5.04. The first-order valence-corrected chi connectivity index (χ1v) is 4.82. The lowest BCUT2D eigenvalue weighted by Crippen LogP contribution is -2.25. The number of hydrogen-bond acceptors (Lipinski definition) is 5. The fraction of sp³-hybridized carbons (Fsp3) is 0.500. The molecule has 1 rings (SSSR count). The van der Waals surface area contributed by atoms with Crippen molar-refractivity contribution in [2.45, 2.75) is 19.4 Å². The number of aldehydes is 1. The predicted molar refractivity (Wildman–Crippen MR) is 57.0 cm³/mol. The van der Waals surface area contributed by atoms with Crippen molar-refractivity contribution < 1.29 is 9.53 Å². The summed E-state index contributed by atoms with van der Waals surface area (Å²) in [5.74, 6) is 0.518. The smallest absolute Gasteiger partial charge is 0.222 e. The molecule has 0 saturated heterocycles. The van der Waals surface area contributed by atoms with Crippen molar-refractivity contribution in [2.24, 2.45) is 0 Å². The van der Waals surface area contributed by atoms with Crippen LogP contribution in [0.25, 0.3) is 0 Å². The fourth-order valence-electron chi connectivity index (χ4n) is 1.12. The predicted octanol–water partition coefficient (Wildman–Crippen LogP) is 1.13. The van der Waals surface area contributed by atoms with Crippen LogP contribution in [0.2, 0.25) is 0 Å². The lowest BCUT2D eigenvalue weighted by molar-refractivity contribution is 0.112. The van der Waals surface area contributed by atoms with Gasteiger partial charge in [-0.3, -0.25) is 4.79 Å². The van der Waals surface area contributed by atoms with E-state index in [1.807, 2.05) is 0 Å². The van der Waals surface area contributed by atoms with Crippen LogP contribution in [0.3, 0.4) is 0 Å². The fourth-order valence-corrected chi connectivity index (χ4v) is 1.12. The number of rotatable bonds is 6. The van der Waals surface area contributed by atoms with Crippen LogP contribution >= 0.6 is 0 Å². The summed E-state index contributed by atoms with van der Waals surface area (Å²) >= 11 is 0. The molecule has 0 spiro atoms. The van der Waals surface area contributed by atoms with Gasteiger partial charge < -0.3 is 10.1 Å². The second-order valence-electron chi connectivity index (χ2n) is 3.16. The zero-order valence-electron chi connectivity index (χ0n) is 8.93. The average Bonchev–Trinajstić information content (AvgIpc) is 2.29. The highest BCUT2D eigenvalue weighted by atomic mass is 16.5. The Labute approximate surface area is 88.9 Å². The second-order valence-corrected chi connectivity index (χ2v) is 3.16. The van der Waals surface area contributed by atoms with Crippen molar-refractivity contribution in [1.82, 2.24) is 9.97 Å². The molecular weight excluding hydrogens is 194 g/mol. The van der Waals surface area contributed by atoms with E-state index < -0.39 is 0 Å². The van der Waals surface area contributed by atoms with E-state index in [0.717, 1.165) is 12.7 Å². The highest BCUT2D eigenvalue weighted by Crippen LogP contribution is 2.03. The van der Waals surface area contributed by atoms with Crippen LogP contribution in [-0.2, 0) is 4.74 Å². The largest absolute Gasteiger partial charge is 0.383 e. The third-order valence-corrected chi connectivity index (χ3v) is 2.00. The molecule has 0 aliphatic carbocycles. The van der Waals surface area contributed by atoms with Crippen LogP contribution in [0.1, 0.15) is 23.7 Å². The van der Waals surface area contributed by atoms with Crippen molar-refractivity contribution >= 4 is 12.2 Å². The molecule has 0 radical (unpaired) electrons. The van der Waals surface area contributed by atoms with E-state index in [1.54, 1.807) is 7.11 Å². The van der Waals surface area contributed by atoms with E-state index in [9.17, 15) is 4.79 Å². The number of hydrogen-bond donors (Lipinski definition) is 1. The van der Waals surface area contributed by atoms with Gasteiger partial charge in [-0.25, -0.2) is 9.97 Å². The number of carbonyl (C=O) groups is 1. The molecule has 1 unspecified atom stereocenters. The highest BCUT2D eigenvalue weighted by Gasteiger charge is 2.06. The first-order chi connectivity index (χ1) is 7.30. The Kier molecular flexibility index (Phi) is 4.70. The standard InChI is InChI=1S/C10H15N3O2/c1-3-9(7-15-2)13-10-11-4-8(6-14)5-12-10/h4-6,9H,3,7H2,1-2H3,(H,11,12,13). The first-order valence-electron chi connectivity index (χ1n) is 4.82. The third kappa shape index (κ3) is 3.63. The molecule has 1 aromatic rings. The molecule has 1 heterocycles. The van der Waals surface area contributed by atoms with Crippen LogP contribution in [0.15, 0.2) is 12.4 Å². The molecule has 82 valence electrons. The lowest BCUT2D eigenvalue weighted by Gasteiger charge is -2.15. The molecule has 0 amide bonds. The summed E-state index contributed by atoms with van der Waals surface area (Å²) in [7, 11) is 1.65. The van der Waals surface area contributed by atoms with Gasteiger partial charge in [0.25, 0.3) is 0 Å². The van der Waals surface area contributed by atoms with Crippen LogP contribution in [0.5, 0.6) is 0 Å². The van der Waals surface area contributed by atoms with Crippen molar-refractivity contribution in [3.8, 4) is 0 Å². The molecular formula is C10H15N3O2. The number of methoxy groups -OCH3 is 1. The zero-order valence-corrected chi connectivity index (χ0v) is 8.93. The second kappa shape index (κ2) is 6.08. The summed E-state index contributed by atoms with van der Waals surface area (Å²) in [6.07, 6.45) is 4.62. The molecule has 1 N–H and O–H groups in total. The van der Waals surface area contributed by atoms with Crippen LogP contribution < -0.4 is 5.32 Å². The van der Waals surface area contributed by atoms with Crippen LogP contribution in [0, 0.1) is 0 Å². The minimum Gasteiger partial charge on any atom is -0.383 e. The molecule has 15 heavy (non-hydrogen) atoms. The van der Waals surface area contributed by atoms with Crippen molar-refractivity contribution in [3.63, 3.8) is 0 Å². The summed E-state index contributed by atoms with van der Waals surface area (Å²) in [5.41, 5.74) is 0.473. The highest BCUT2D eigenvalue weighted by molar-refractivity contribution is 5.73. The Hall–Kier alpha value is -1.49. The van der Waals surface area contributed by atoms with E-state index in [1.165, 1.54) is 12.4 Å². The first kappa shape index (κ1) is 11.6. The van der Waals surface area contributed by atoms with E-state index in [2.05, 4.69) is 22.2 Å². The minimum absolute atomic E-state index is 0.192. The molecule has 0 aromatic carbocycles. The molecule has 5 nitrogen and oxygen atoms in total. The monoisotopic (exact) mass is 209 g/mol. The molecule has 0 saturated carbocycles. The van der Waals surface area contributed by atoms with E-state index in [4.69, 9.17) is 4.74 Å². The minimum atomic E-state index is 0.192. The normalized spacial score (nSPS) is 12.1. The SMILES string of the molecule is CCC(COC)Nc1ncc(C=O)cn1. The Bertz CT molecular complexity index is 300. The van der Waals surface area contributed by atoms with Gasteiger partial charge in [-0.1, -0.05) is 6.92 Å². The molecule has 0 aliphatic rings.